The van der Waals surface area contributed by atoms with Gasteiger partial charge in [0.15, 0.2) is 10.9 Å². The lowest BCUT2D eigenvalue weighted by atomic mass is 9.97. The molecule has 176 valence electrons. The summed E-state index contributed by atoms with van der Waals surface area (Å²) < 4.78 is 40.2. The highest BCUT2D eigenvalue weighted by Gasteiger charge is 2.57. The number of hydrogen-bond donors (Lipinski definition) is 2. The lowest BCUT2D eigenvalue weighted by Crippen LogP contribution is -2.23. The van der Waals surface area contributed by atoms with Crippen LogP contribution in [0.1, 0.15) is 49.1 Å². The number of hydrogen-bond acceptors (Lipinski definition) is 6. The normalized spacial score (nSPS) is 23.7. The molecule has 6 nitrogen and oxygen atoms in total. The standard InChI is InChI=1S/C22H27BF3N5OS/c1-14(27-23)18(32)19-28-29-20(30(19)2)33-11-3-9-31-10-8-21(13-31)12-17(21)15-4-6-16(7-5-15)22(24,25)26/h4-7,17,27,32H,3,8-13H2,1-2H3/b18-14-/t17-,21?/m0/s1. The molecule has 2 heterocycles. The monoisotopic (exact) mass is 477 g/mol. The molecule has 2 aliphatic rings. The summed E-state index contributed by atoms with van der Waals surface area (Å²) in [5, 5.41) is 21.5. The Balaban J connectivity index is 1.24. The second kappa shape index (κ2) is 9.25. The molecule has 1 saturated heterocycles. The summed E-state index contributed by atoms with van der Waals surface area (Å²) in [5.41, 5.74) is 1.08. The van der Waals surface area contributed by atoms with Gasteiger partial charge >= 0.3 is 6.18 Å². The molecule has 11 heteroatoms. The molecule has 2 N–H and O–H groups in total. The minimum absolute atomic E-state index is 0.0336. The zero-order valence-corrected chi connectivity index (χ0v) is 19.5. The second-order valence-electron chi connectivity index (χ2n) is 8.95. The van der Waals surface area contributed by atoms with Gasteiger partial charge in [0.2, 0.25) is 13.8 Å². The minimum atomic E-state index is -4.29. The van der Waals surface area contributed by atoms with Crippen molar-refractivity contribution in [1.82, 2.24) is 24.9 Å². The van der Waals surface area contributed by atoms with Crippen molar-refractivity contribution in [3.05, 3.63) is 46.9 Å². The number of likely N-dealkylation sites (tertiary alicyclic amines) is 1. The van der Waals surface area contributed by atoms with E-state index in [0.717, 1.165) is 55.4 Å². The van der Waals surface area contributed by atoms with E-state index in [1.165, 1.54) is 12.1 Å². The third-order valence-corrected chi connectivity index (χ3v) is 7.87. The van der Waals surface area contributed by atoms with Gasteiger partial charge in [-0.25, -0.2) is 0 Å². The number of nitrogens with zero attached hydrogens (tertiary/aromatic N) is 4. The van der Waals surface area contributed by atoms with Gasteiger partial charge in [0, 0.05) is 25.0 Å². The smallest absolute Gasteiger partial charge is 0.416 e. The van der Waals surface area contributed by atoms with E-state index < -0.39 is 11.7 Å². The Bertz CT molecular complexity index is 1030. The van der Waals surface area contributed by atoms with E-state index in [2.05, 4.69) is 20.3 Å². The van der Waals surface area contributed by atoms with Crippen LogP contribution >= 0.6 is 11.8 Å². The van der Waals surface area contributed by atoms with Crippen LogP contribution in [-0.2, 0) is 13.2 Å². The van der Waals surface area contributed by atoms with Crippen molar-refractivity contribution in [2.45, 2.75) is 43.4 Å². The van der Waals surface area contributed by atoms with E-state index in [1.54, 1.807) is 42.4 Å². The van der Waals surface area contributed by atoms with Crippen LogP contribution in [-0.4, -0.2) is 58.1 Å². The summed E-state index contributed by atoms with van der Waals surface area (Å²) in [6.45, 7) is 4.66. The first-order valence-electron chi connectivity index (χ1n) is 10.9. The lowest BCUT2D eigenvalue weighted by Gasteiger charge is -2.16. The Morgan fingerprint density at radius 3 is 2.70 bits per heavy atom. The van der Waals surface area contributed by atoms with E-state index in [4.69, 9.17) is 7.98 Å². The second-order valence-corrected chi connectivity index (χ2v) is 10.0. The molecule has 0 amide bonds. The number of rotatable bonds is 8. The van der Waals surface area contributed by atoms with Gasteiger partial charge in [-0.15, -0.1) is 10.2 Å². The quantitative estimate of drug-likeness (QED) is 0.258. The molecule has 2 aromatic rings. The van der Waals surface area contributed by atoms with E-state index in [1.807, 2.05) is 0 Å². The Hall–Kier alpha value is -2.14. The van der Waals surface area contributed by atoms with Gasteiger partial charge in [0.25, 0.3) is 0 Å². The number of thioether (sulfide) groups is 1. The number of nitrogens with one attached hydrogen (secondary N) is 1. The molecule has 2 radical (unpaired) electrons. The Kier molecular flexibility index (Phi) is 6.73. The highest BCUT2D eigenvalue weighted by Crippen LogP contribution is 2.64. The van der Waals surface area contributed by atoms with Crippen LogP contribution in [0.5, 0.6) is 0 Å². The number of alkyl halides is 3. The molecule has 2 atom stereocenters. The predicted molar refractivity (Wildman–Crippen MR) is 123 cm³/mol. The first-order chi connectivity index (χ1) is 15.6. The van der Waals surface area contributed by atoms with Gasteiger partial charge in [0.1, 0.15) is 0 Å². The van der Waals surface area contributed by atoms with Crippen molar-refractivity contribution in [3.63, 3.8) is 0 Å². The molecule has 0 bridgehead atoms. The van der Waals surface area contributed by atoms with Crippen LogP contribution in [0.3, 0.4) is 0 Å². The van der Waals surface area contributed by atoms with Crippen LogP contribution in [0.15, 0.2) is 35.1 Å². The fraction of sp³-hybridized carbons (Fsp3) is 0.545. The highest BCUT2D eigenvalue weighted by molar-refractivity contribution is 7.99. The van der Waals surface area contributed by atoms with Crippen LogP contribution < -0.4 is 5.23 Å². The van der Waals surface area contributed by atoms with E-state index in [-0.39, 0.29) is 11.2 Å². The average molecular weight is 477 g/mol. The van der Waals surface area contributed by atoms with Crippen LogP contribution in [0.2, 0.25) is 0 Å². The van der Waals surface area contributed by atoms with Gasteiger partial charge in [0.05, 0.1) is 5.56 Å². The summed E-state index contributed by atoms with van der Waals surface area (Å²) >= 11 is 1.59. The maximum atomic E-state index is 12.8. The van der Waals surface area contributed by atoms with Crippen molar-refractivity contribution in [1.29, 1.82) is 0 Å². The number of aliphatic hydroxyl groups is 1. The van der Waals surface area contributed by atoms with Gasteiger partial charge in [-0.3, -0.25) is 0 Å². The molecule has 1 aliphatic heterocycles. The molecule has 1 unspecified atom stereocenters. The predicted octanol–water partition coefficient (Wildman–Crippen LogP) is 4.12. The fourth-order valence-electron chi connectivity index (χ4n) is 4.68. The van der Waals surface area contributed by atoms with Crippen molar-refractivity contribution in [2.24, 2.45) is 12.5 Å². The number of halogens is 3. The number of aromatic nitrogens is 3. The fourth-order valence-corrected chi connectivity index (χ4v) is 5.52. The van der Waals surface area contributed by atoms with Crippen molar-refractivity contribution < 1.29 is 18.3 Å². The molecule has 2 fully saturated rings. The maximum Gasteiger partial charge on any atom is 0.416 e. The van der Waals surface area contributed by atoms with Crippen LogP contribution in [0.4, 0.5) is 13.2 Å². The third kappa shape index (κ3) is 5.03. The maximum absolute atomic E-state index is 12.8. The Labute approximate surface area is 197 Å². The lowest BCUT2D eigenvalue weighted by molar-refractivity contribution is -0.137. The van der Waals surface area contributed by atoms with Gasteiger partial charge < -0.3 is 19.8 Å². The summed E-state index contributed by atoms with van der Waals surface area (Å²) in [6, 6.07) is 5.70. The minimum Gasteiger partial charge on any atom is -0.503 e. The first kappa shape index (κ1) is 24.0. The molecular formula is C22H27BF3N5OS. The van der Waals surface area contributed by atoms with Gasteiger partial charge in [-0.05, 0) is 68.3 Å². The zero-order chi connectivity index (χ0) is 23.8. The van der Waals surface area contributed by atoms with Gasteiger partial charge in [-0.1, -0.05) is 23.9 Å². The Morgan fingerprint density at radius 1 is 1.30 bits per heavy atom. The average Bonchev–Trinajstić information content (AvgIpc) is 3.13. The van der Waals surface area contributed by atoms with Gasteiger partial charge in [-0.2, -0.15) is 13.2 Å². The topological polar surface area (TPSA) is 66.2 Å². The van der Waals surface area contributed by atoms with E-state index in [0.29, 0.717) is 17.4 Å². The summed E-state index contributed by atoms with van der Waals surface area (Å²) in [6.07, 6.45) is -1.15. The molecule has 1 aromatic carbocycles. The molecular weight excluding hydrogens is 450 g/mol. The number of aliphatic hydroxyl groups excluding tert-OH is 1. The van der Waals surface area contributed by atoms with E-state index in [9.17, 15) is 18.3 Å². The Morgan fingerprint density at radius 2 is 2.03 bits per heavy atom. The molecule has 1 aromatic heterocycles. The van der Waals surface area contributed by atoms with Crippen molar-refractivity contribution in [2.75, 3.05) is 25.4 Å². The highest BCUT2D eigenvalue weighted by atomic mass is 32.2. The first-order valence-corrected chi connectivity index (χ1v) is 11.9. The summed E-state index contributed by atoms with van der Waals surface area (Å²) in [5.74, 6) is 1.56. The zero-order valence-electron chi connectivity index (χ0n) is 18.7. The summed E-state index contributed by atoms with van der Waals surface area (Å²) in [4.78, 5) is 2.46. The summed E-state index contributed by atoms with van der Waals surface area (Å²) in [7, 11) is 7.14. The van der Waals surface area contributed by atoms with Crippen LogP contribution in [0, 0.1) is 5.41 Å². The molecule has 33 heavy (non-hydrogen) atoms. The van der Waals surface area contributed by atoms with Crippen molar-refractivity contribution in [3.8, 4) is 0 Å². The van der Waals surface area contributed by atoms with E-state index >= 15 is 0 Å². The number of benzene rings is 1. The molecule has 4 rings (SSSR count). The van der Waals surface area contributed by atoms with Crippen LogP contribution in [0.25, 0.3) is 5.76 Å². The molecule has 1 spiro atoms. The molecule has 1 aliphatic carbocycles. The third-order valence-electron chi connectivity index (χ3n) is 6.76. The molecule has 1 saturated carbocycles. The number of allylic oxidation sites excluding steroid dienone is 1. The van der Waals surface area contributed by atoms with Crippen molar-refractivity contribution >= 4 is 25.5 Å². The SMILES string of the molecule is [B]N/C(C)=C(\O)c1nnc(SCCCN2CCC3(C[C@H]3c3ccc(C(F)(F)F)cc3)C2)n1C. The largest absolute Gasteiger partial charge is 0.503 e.